The van der Waals surface area contributed by atoms with Gasteiger partial charge in [-0.1, -0.05) is 42.5 Å². The second-order valence-electron chi connectivity index (χ2n) is 8.76. The zero-order valence-electron chi connectivity index (χ0n) is 21.7. The van der Waals surface area contributed by atoms with Gasteiger partial charge in [-0.05, 0) is 42.7 Å². The van der Waals surface area contributed by atoms with Crippen LogP contribution in [0.1, 0.15) is 18.2 Å². The monoisotopic (exact) mass is 501 g/mol. The van der Waals surface area contributed by atoms with Gasteiger partial charge in [0.05, 0.1) is 25.6 Å². The highest BCUT2D eigenvalue weighted by atomic mass is 16.7. The summed E-state index contributed by atoms with van der Waals surface area (Å²) in [5.41, 5.74) is 5.10. The van der Waals surface area contributed by atoms with E-state index in [1.807, 2.05) is 61.5 Å². The average molecular weight is 502 g/mol. The van der Waals surface area contributed by atoms with Gasteiger partial charge in [0.15, 0.2) is 17.3 Å². The van der Waals surface area contributed by atoms with Gasteiger partial charge < -0.3 is 24.3 Å². The smallest absolute Gasteiger partial charge is 0.329 e. The molecule has 0 aliphatic heterocycles. The van der Waals surface area contributed by atoms with E-state index >= 15 is 0 Å². The van der Waals surface area contributed by atoms with Crippen molar-refractivity contribution in [1.29, 1.82) is 0 Å². The van der Waals surface area contributed by atoms with Crippen molar-refractivity contribution in [3.05, 3.63) is 78.0 Å². The molecular weight excluding hydrogens is 470 g/mol. The fraction of sp³-hybridized carbons (Fsp3) is 0.241. The second-order valence-corrected chi connectivity index (χ2v) is 8.76. The van der Waals surface area contributed by atoms with Crippen LogP contribution >= 0.6 is 0 Å². The van der Waals surface area contributed by atoms with Crippen molar-refractivity contribution in [2.24, 2.45) is 0 Å². The van der Waals surface area contributed by atoms with E-state index in [-0.39, 0.29) is 17.2 Å². The minimum atomic E-state index is -0.480. The van der Waals surface area contributed by atoms with Crippen molar-refractivity contribution in [1.82, 2.24) is 9.71 Å². The molecule has 0 amide bonds. The van der Waals surface area contributed by atoms with E-state index in [0.29, 0.717) is 23.5 Å². The third kappa shape index (κ3) is 5.53. The lowest BCUT2D eigenvalue weighted by molar-refractivity contribution is -0.141. The normalized spacial score (nSPS) is 10.7. The van der Waals surface area contributed by atoms with E-state index in [2.05, 4.69) is 12.1 Å². The average Bonchev–Trinajstić information content (AvgIpc) is 3.25. The van der Waals surface area contributed by atoms with Gasteiger partial charge >= 0.3 is 5.97 Å². The molecule has 0 radical (unpaired) electrons. The topological polar surface area (TPSA) is 86.0 Å². The number of anilines is 1. The van der Waals surface area contributed by atoms with E-state index in [4.69, 9.17) is 19.3 Å². The Bertz CT molecular complexity index is 1350. The van der Waals surface area contributed by atoms with Crippen molar-refractivity contribution < 1.29 is 24.2 Å². The van der Waals surface area contributed by atoms with E-state index in [1.54, 1.807) is 12.1 Å². The maximum atomic E-state index is 12.2. The number of phenolic OH excluding ortho intramolecular Hbond substituents is 1. The molecule has 8 heteroatoms. The fourth-order valence-corrected chi connectivity index (χ4v) is 4.15. The maximum Gasteiger partial charge on any atom is 0.329 e. The zero-order valence-corrected chi connectivity index (χ0v) is 21.7. The molecule has 3 aromatic carbocycles. The Morgan fingerprint density at radius 3 is 2.08 bits per heavy atom. The Kier molecular flexibility index (Phi) is 7.67. The number of nitrogens with zero attached hydrogens (tertiary/aromatic N) is 3. The molecule has 192 valence electrons. The van der Waals surface area contributed by atoms with Gasteiger partial charge in [-0.2, -0.15) is 4.73 Å². The molecule has 0 spiro atoms. The summed E-state index contributed by atoms with van der Waals surface area (Å²) in [7, 11) is 6.89. The molecule has 37 heavy (non-hydrogen) atoms. The van der Waals surface area contributed by atoms with Crippen molar-refractivity contribution in [2.75, 3.05) is 33.2 Å². The number of hydrogen-bond acceptors (Lipinski definition) is 7. The molecule has 1 N–H and O–H groups in total. The van der Waals surface area contributed by atoms with Gasteiger partial charge in [0.25, 0.3) is 0 Å². The highest BCUT2D eigenvalue weighted by Gasteiger charge is 2.24. The van der Waals surface area contributed by atoms with Gasteiger partial charge in [-0.15, -0.1) is 0 Å². The standard InChI is InChI=1S/C29H31N3O5/c1-19(33)37-32-24(16-11-20-9-7-6-8-10-20)27(21-12-14-23(15-13-21)31(2)3)30-29(32)22-17-25(35-4)28(34)26(18-22)36-5/h6-10,12-15,17-18,34H,11,16H2,1-5H3. The van der Waals surface area contributed by atoms with E-state index in [9.17, 15) is 9.90 Å². The van der Waals surface area contributed by atoms with Crippen LogP contribution in [0.4, 0.5) is 5.69 Å². The zero-order chi connectivity index (χ0) is 26.5. The molecule has 1 aromatic heterocycles. The molecule has 4 rings (SSSR count). The summed E-state index contributed by atoms with van der Waals surface area (Å²) in [6.45, 7) is 1.36. The highest BCUT2D eigenvalue weighted by molar-refractivity contribution is 5.74. The lowest BCUT2D eigenvalue weighted by atomic mass is 10.0. The van der Waals surface area contributed by atoms with Crippen LogP contribution < -0.4 is 19.2 Å². The lowest BCUT2D eigenvalue weighted by Crippen LogP contribution is -2.20. The number of aromatic hydroxyl groups is 1. The van der Waals surface area contributed by atoms with Gasteiger partial charge in [0.2, 0.25) is 5.75 Å². The molecule has 0 saturated heterocycles. The first-order valence-electron chi connectivity index (χ1n) is 11.9. The molecule has 4 aromatic rings. The first-order chi connectivity index (χ1) is 17.8. The number of methoxy groups -OCH3 is 2. The van der Waals surface area contributed by atoms with Crippen LogP contribution in [0.5, 0.6) is 17.2 Å². The van der Waals surface area contributed by atoms with E-state index in [0.717, 1.165) is 28.9 Å². The van der Waals surface area contributed by atoms with Crippen LogP contribution in [-0.2, 0) is 17.6 Å². The predicted octanol–water partition coefficient (Wildman–Crippen LogP) is 4.77. The third-order valence-corrected chi connectivity index (χ3v) is 6.04. The Labute approximate surface area is 216 Å². The minimum absolute atomic E-state index is 0.122. The van der Waals surface area contributed by atoms with Gasteiger partial charge in [0.1, 0.15) is 0 Å². The van der Waals surface area contributed by atoms with Gasteiger partial charge in [-0.25, -0.2) is 9.78 Å². The number of hydrogen-bond donors (Lipinski definition) is 1. The molecule has 0 atom stereocenters. The number of carbonyl (C=O) groups excluding carboxylic acids is 1. The SMILES string of the molecule is COc1cc(-c2nc(-c3ccc(N(C)C)cc3)c(CCc3ccccc3)n2OC(C)=O)cc(OC)c1O. The molecular formula is C29H31N3O5. The quantitative estimate of drug-likeness (QED) is 0.354. The molecule has 1 heterocycles. The van der Waals surface area contributed by atoms with Crippen LogP contribution in [0.3, 0.4) is 0 Å². The summed E-state index contributed by atoms with van der Waals surface area (Å²) >= 11 is 0. The van der Waals surface area contributed by atoms with Crippen molar-refractivity contribution in [2.45, 2.75) is 19.8 Å². The molecule has 0 bridgehead atoms. The van der Waals surface area contributed by atoms with Crippen LogP contribution in [0, 0.1) is 0 Å². The first-order valence-corrected chi connectivity index (χ1v) is 11.9. The van der Waals surface area contributed by atoms with E-state index < -0.39 is 5.97 Å². The fourth-order valence-electron chi connectivity index (χ4n) is 4.15. The summed E-state index contributed by atoms with van der Waals surface area (Å²) in [4.78, 5) is 24.9. The van der Waals surface area contributed by atoms with Crippen LogP contribution in [-0.4, -0.2) is 49.1 Å². The van der Waals surface area contributed by atoms with Crippen molar-refractivity contribution in [3.8, 4) is 39.9 Å². The third-order valence-electron chi connectivity index (χ3n) is 6.04. The molecule has 0 unspecified atom stereocenters. The number of carbonyl (C=O) groups is 1. The molecule has 0 aliphatic rings. The van der Waals surface area contributed by atoms with Crippen LogP contribution in [0.25, 0.3) is 22.6 Å². The Morgan fingerprint density at radius 1 is 0.919 bits per heavy atom. The van der Waals surface area contributed by atoms with Crippen LogP contribution in [0.2, 0.25) is 0 Å². The predicted molar refractivity (Wildman–Crippen MR) is 143 cm³/mol. The maximum absolute atomic E-state index is 12.2. The molecule has 8 nitrogen and oxygen atoms in total. The Balaban J connectivity index is 1.92. The number of ether oxygens (including phenoxy) is 2. The Morgan fingerprint density at radius 2 is 1.54 bits per heavy atom. The number of phenols is 1. The molecule has 0 fully saturated rings. The first kappa shape index (κ1) is 25.6. The number of aryl methyl sites for hydroxylation is 1. The summed E-state index contributed by atoms with van der Waals surface area (Å²) in [5, 5.41) is 10.4. The largest absolute Gasteiger partial charge is 0.502 e. The van der Waals surface area contributed by atoms with Gasteiger partial charge in [0, 0.05) is 37.8 Å². The molecule has 0 saturated carbocycles. The summed E-state index contributed by atoms with van der Waals surface area (Å²) < 4.78 is 12.2. The van der Waals surface area contributed by atoms with E-state index in [1.165, 1.54) is 25.9 Å². The molecule has 0 aliphatic carbocycles. The lowest BCUT2D eigenvalue weighted by Gasteiger charge is -2.14. The van der Waals surface area contributed by atoms with Gasteiger partial charge in [-0.3, -0.25) is 0 Å². The Hall–Kier alpha value is -4.46. The number of rotatable bonds is 9. The summed E-state index contributed by atoms with van der Waals surface area (Å²) in [6, 6.07) is 21.4. The van der Waals surface area contributed by atoms with Crippen LogP contribution in [0.15, 0.2) is 66.7 Å². The summed E-state index contributed by atoms with van der Waals surface area (Å²) in [6.07, 6.45) is 1.29. The minimum Gasteiger partial charge on any atom is -0.502 e. The number of benzene rings is 3. The van der Waals surface area contributed by atoms with Crippen molar-refractivity contribution >= 4 is 11.7 Å². The summed E-state index contributed by atoms with van der Waals surface area (Å²) in [5.74, 6) is 0.223. The number of imidazole rings is 1. The second kappa shape index (κ2) is 11.1. The van der Waals surface area contributed by atoms with Crippen molar-refractivity contribution in [3.63, 3.8) is 0 Å². The highest BCUT2D eigenvalue weighted by Crippen LogP contribution is 2.41. The number of aromatic nitrogens is 2.